The van der Waals surface area contributed by atoms with Crippen LogP contribution in [-0.2, 0) is 0 Å². The predicted octanol–water partition coefficient (Wildman–Crippen LogP) is 2.33. The van der Waals surface area contributed by atoms with Crippen molar-refractivity contribution in [1.29, 1.82) is 0 Å². The van der Waals surface area contributed by atoms with Gasteiger partial charge in [0, 0.05) is 24.2 Å². The Morgan fingerprint density at radius 2 is 2.15 bits per heavy atom. The Labute approximate surface area is 119 Å². The second-order valence-corrected chi connectivity index (χ2v) is 5.49. The smallest absolute Gasteiger partial charge is 0.119 e. The molecule has 5 heteroatoms. The minimum Gasteiger partial charge on any atom is -0.384 e. The van der Waals surface area contributed by atoms with E-state index in [0.717, 1.165) is 37.3 Å². The van der Waals surface area contributed by atoms with E-state index in [1.54, 1.807) is 0 Å². The van der Waals surface area contributed by atoms with Crippen molar-refractivity contribution in [2.24, 2.45) is 0 Å². The Kier molecular flexibility index (Phi) is 3.69. The number of H-pyrrole nitrogens is 1. The average molecular weight is 271 g/mol. The quantitative estimate of drug-likeness (QED) is 0.898. The molecule has 3 heterocycles. The number of pyridine rings is 1. The van der Waals surface area contributed by atoms with E-state index in [9.17, 15) is 0 Å². The zero-order valence-corrected chi connectivity index (χ0v) is 11.8. The van der Waals surface area contributed by atoms with Crippen molar-refractivity contribution in [3.05, 3.63) is 41.9 Å². The van der Waals surface area contributed by atoms with Crippen LogP contribution in [0.1, 0.15) is 43.1 Å². The highest BCUT2D eigenvalue weighted by Gasteiger charge is 2.26. The van der Waals surface area contributed by atoms with Gasteiger partial charge < -0.3 is 5.73 Å². The summed E-state index contributed by atoms with van der Waals surface area (Å²) in [5, 5.41) is 7.12. The van der Waals surface area contributed by atoms with Crippen LogP contribution >= 0.6 is 0 Å². The number of hydrogen-bond acceptors (Lipinski definition) is 4. The summed E-state index contributed by atoms with van der Waals surface area (Å²) in [4.78, 5) is 6.95. The molecule has 1 fully saturated rings. The van der Waals surface area contributed by atoms with Gasteiger partial charge in [-0.25, -0.2) is 0 Å². The normalized spacial score (nSPS) is 19.1. The fourth-order valence-electron chi connectivity index (χ4n) is 2.95. The number of nitrogens with zero attached hydrogens (tertiary/aromatic N) is 3. The highest BCUT2D eigenvalue weighted by molar-refractivity contribution is 5.30. The van der Waals surface area contributed by atoms with Gasteiger partial charge in [-0.05, 0) is 45.0 Å². The number of rotatable bonds is 3. The summed E-state index contributed by atoms with van der Waals surface area (Å²) in [5.41, 5.74) is 7.95. The summed E-state index contributed by atoms with van der Waals surface area (Å²) < 4.78 is 0. The fourth-order valence-corrected chi connectivity index (χ4v) is 2.95. The van der Waals surface area contributed by atoms with Gasteiger partial charge in [0.1, 0.15) is 5.82 Å². The first kappa shape index (κ1) is 13.1. The van der Waals surface area contributed by atoms with E-state index in [-0.39, 0.29) is 0 Å². The third kappa shape index (κ3) is 2.67. The van der Waals surface area contributed by atoms with Crippen LogP contribution in [0.4, 0.5) is 5.82 Å². The Morgan fingerprint density at radius 3 is 2.75 bits per heavy atom. The zero-order valence-electron chi connectivity index (χ0n) is 11.8. The van der Waals surface area contributed by atoms with Crippen LogP contribution in [0, 0.1) is 0 Å². The molecule has 0 aliphatic carbocycles. The predicted molar refractivity (Wildman–Crippen MR) is 79.2 cm³/mol. The van der Waals surface area contributed by atoms with Crippen molar-refractivity contribution in [2.45, 2.75) is 31.7 Å². The Hall–Kier alpha value is -1.88. The molecule has 106 valence electrons. The number of hydrogen-bond donors (Lipinski definition) is 2. The summed E-state index contributed by atoms with van der Waals surface area (Å²) in [6.07, 6.45) is 4.12. The topological polar surface area (TPSA) is 70.8 Å². The van der Waals surface area contributed by atoms with Crippen LogP contribution in [0.25, 0.3) is 0 Å². The second kappa shape index (κ2) is 5.63. The fraction of sp³-hybridized carbons (Fsp3) is 0.467. The number of nitrogens with two attached hydrogens (primary N) is 1. The Bertz CT molecular complexity index is 542. The largest absolute Gasteiger partial charge is 0.384 e. The maximum absolute atomic E-state index is 5.70. The van der Waals surface area contributed by atoms with E-state index in [1.165, 1.54) is 0 Å². The SMILES string of the molecule is CC(c1ccccn1)N1CCC(c2cc(N)[nH]n2)CC1. The molecule has 0 spiro atoms. The molecule has 1 aliphatic heterocycles. The van der Waals surface area contributed by atoms with Crippen LogP contribution in [-0.4, -0.2) is 33.2 Å². The first-order valence-corrected chi connectivity index (χ1v) is 7.20. The molecule has 2 aromatic rings. The number of aromatic nitrogens is 3. The molecule has 3 N–H and O–H groups in total. The van der Waals surface area contributed by atoms with Crippen LogP contribution in [0.5, 0.6) is 0 Å². The average Bonchev–Trinajstić information content (AvgIpc) is 2.94. The first-order chi connectivity index (χ1) is 9.74. The van der Waals surface area contributed by atoms with Gasteiger partial charge in [-0.2, -0.15) is 5.10 Å². The molecule has 5 nitrogen and oxygen atoms in total. The molecule has 0 bridgehead atoms. The Balaban J connectivity index is 1.61. The number of likely N-dealkylation sites (tertiary alicyclic amines) is 1. The minimum atomic E-state index is 0.376. The lowest BCUT2D eigenvalue weighted by molar-refractivity contribution is 0.159. The molecule has 0 aromatic carbocycles. The number of piperidine rings is 1. The van der Waals surface area contributed by atoms with Crippen LogP contribution in [0.3, 0.4) is 0 Å². The molecule has 20 heavy (non-hydrogen) atoms. The van der Waals surface area contributed by atoms with Gasteiger partial charge in [-0.1, -0.05) is 6.07 Å². The third-order valence-corrected chi connectivity index (χ3v) is 4.23. The van der Waals surface area contributed by atoms with E-state index >= 15 is 0 Å². The maximum atomic E-state index is 5.70. The van der Waals surface area contributed by atoms with Crippen molar-refractivity contribution in [1.82, 2.24) is 20.1 Å². The molecular weight excluding hydrogens is 250 g/mol. The van der Waals surface area contributed by atoms with Gasteiger partial charge in [0.05, 0.1) is 11.4 Å². The van der Waals surface area contributed by atoms with Crippen molar-refractivity contribution >= 4 is 5.82 Å². The number of nitrogen functional groups attached to an aromatic ring is 1. The highest BCUT2D eigenvalue weighted by atomic mass is 15.2. The van der Waals surface area contributed by atoms with Gasteiger partial charge in [-0.15, -0.1) is 0 Å². The molecule has 1 unspecified atom stereocenters. The van der Waals surface area contributed by atoms with Crippen molar-refractivity contribution in [2.75, 3.05) is 18.8 Å². The van der Waals surface area contributed by atoms with Crippen molar-refractivity contribution in [3.8, 4) is 0 Å². The van der Waals surface area contributed by atoms with Crippen molar-refractivity contribution in [3.63, 3.8) is 0 Å². The second-order valence-electron chi connectivity index (χ2n) is 5.49. The van der Waals surface area contributed by atoms with E-state index in [2.05, 4.69) is 39.1 Å². The minimum absolute atomic E-state index is 0.376. The number of aromatic amines is 1. The van der Waals surface area contributed by atoms with Crippen LogP contribution < -0.4 is 5.73 Å². The molecule has 0 radical (unpaired) electrons. The van der Waals surface area contributed by atoms with Gasteiger partial charge in [-0.3, -0.25) is 15.0 Å². The summed E-state index contributed by atoms with van der Waals surface area (Å²) in [5.74, 6) is 1.18. The standard InChI is InChI=1S/C15H21N5/c1-11(13-4-2-3-7-17-13)20-8-5-12(6-9-20)14-10-15(16)19-18-14/h2-4,7,10-12H,5-6,8-9H2,1H3,(H3,16,18,19). The molecule has 3 rings (SSSR count). The maximum Gasteiger partial charge on any atom is 0.119 e. The van der Waals surface area contributed by atoms with Gasteiger partial charge in [0.25, 0.3) is 0 Å². The number of nitrogens with one attached hydrogen (secondary N) is 1. The molecule has 2 aromatic heterocycles. The monoisotopic (exact) mass is 271 g/mol. The molecule has 0 saturated carbocycles. The van der Waals surface area contributed by atoms with E-state index in [0.29, 0.717) is 17.8 Å². The first-order valence-electron chi connectivity index (χ1n) is 7.20. The third-order valence-electron chi connectivity index (χ3n) is 4.23. The molecule has 1 saturated heterocycles. The summed E-state index contributed by atoms with van der Waals surface area (Å²) in [6, 6.07) is 8.46. The summed E-state index contributed by atoms with van der Waals surface area (Å²) in [7, 11) is 0. The molecule has 1 atom stereocenters. The van der Waals surface area contributed by atoms with Crippen LogP contribution in [0.2, 0.25) is 0 Å². The van der Waals surface area contributed by atoms with Gasteiger partial charge in [0.2, 0.25) is 0 Å². The summed E-state index contributed by atoms with van der Waals surface area (Å²) >= 11 is 0. The van der Waals surface area contributed by atoms with Crippen molar-refractivity contribution < 1.29 is 0 Å². The Morgan fingerprint density at radius 1 is 1.35 bits per heavy atom. The van der Waals surface area contributed by atoms with Gasteiger partial charge >= 0.3 is 0 Å². The van der Waals surface area contributed by atoms with E-state index < -0.39 is 0 Å². The molecule has 0 amide bonds. The van der Waals surface area contributed by atoms with Crippen LogP contribution in [0.15, 0.2) is 30.5 Å². The number of anilines is 1. The van der Waals surface area contributed by atoms with E-state index in [4.69, 9.17) is 5.73 Å². The lowest BCUT2D eigenvalue weighted by Gasteiger charge is -2.35. The lowest BCUT2D eigenvalue weighted by Crippen LogP contribution is -2.35. The summed E-state index contributed by atoms with van der Waals surface area (Å²) in [6.45, 7) is 4.39. The van der Waals surface area contributed by atoms with Gasteiger partial charge in [0.15, 0.2) is 0 Å². The lowest BCUT2D eigenvalue weighted by atomic mass is 9.92. The van der Waals surface area contributed by atoms with E-state index in [1.807, 2.05) is 18.3 Å². The highest BCUT2D eigenvalue weighted by Crippen LogP contribution is 2.31. The molecule has 1 aliphatic rings. The zero-order chi connectivity index (χ0) is 13.9. The molecular formula is C15H21N5.